The van der Waals surface area contributed by atoms with Crippen molar-refractivity contribution in [1.29, 1.82) is 5.26 Å². The summed E-state index contributed by atoms with van der Waals surface area (Å²) in [6, 6.07) is 3.73. The largest absolute Gasteiger partial charge is 0.461 e. The van der Waals surface area contributed by atoms with E-state index >= 15 is 4.39 Å². The number of ether oxygens (including phenoxy) is 1. The quantitative estimate of drug-likeness (QED) is 0.242. The van der Waals surface area contributed by atoms with Gasteiger partial charge in [0.2, 0.25) is 5.91 Å². The van der Waals surface area contributed by atoms with Crippen molar-refractivity contribution in [3.8, 4) is 23.2 Å². The summed E-state index contributed by atoms with van der Waals surface area (Å²) in [4.78, 5) is 26.2. The maximum atomic E-state index is 17.0. The van der Waals surface area contributed by atoms with E-state index in [-0.39, 0.29) is 88.5 Å². The number of carbonyl (C=O) groups excluding carboxylic acids is 1. The number of nitrogens with two attached hydrogens (primary N) is 1. The lowest BCUT2D eigenvalue weighted by Crippen LogP contribution is -2.53. The lowest BCUT2D eigenvalue weighted by Gasteiger charge is -2.40. The van der Waals surface area contributed by atoms with Crippen molar-refractivity contribution in [2.75, 3.05) is 50.0 Å². The number of alkyl halides is 4. The van der Waals surface area contributed by atoms with Gasteiger partial charge in [-0.1, -0.05) is 6.07 Å². The molecule has 9 nitrogen and oxygen atoms in total. The van der Waals surface area contributed by atoms with Crippen LogP contribution in [-0.4, -0.2) is 82.8 Å². The van der Waals surface area contributed by atoms with Crippen molar-refractivity contribution >= 4 is 49.1 Å². The van der Waals surface area contributed by atoms with Gasteiger partial charge < -0.3 is 20.3 Å². The Kier molecular flexibility index (Phi) is 8.05. The van der Waals surface area contributed by atoms with E-state index in [0.29, 0.717) is 24.3 Å². The highest BCUT2D eigenvalue weighted by molar-refractivity contribution is 7.23. The molecular formula is C33H31F6N7O2S. The predicted octanol–water partition coefficient (Wildman–Crippen LogP) is 6.27. The molecule has 49 heavy (non-hydrogen) atoms. The Morgan fingerprint density at radius 3 is 2.67 bits per heavy atom. The molecule has 0 bridgehead atoms. The van der Waals surface area contributed by atoms with Gasteiger partial charge in [-0.3, -0.25) is 9.69 Å². The lowest BCUT2D eigenvalue weighted by atomic mass is 9.92. The summed E-state index contributed by atoms with van der Waals surface area (Å²) in [6.45, 7) is 4.78. The summed E-state index contributed by atoms with van der Waals surface area (Å²) < 4.78 is 97.1. The maximum Gasteiger partial charge on any atom is 0.417 e. The fourth-order valence-electron chi connectivity index (χ4n) is 7.68. The molecule has 0 spiro atoms. The van der Waals surface area contributed by atoms with E-state index in [1.54, 1.807) is 16.7 Å². The number of nitrogen functional groups attached to an aromatic ring is 1. The van der Waals surface area contributed by atoms with Crippen LogP contribution in [0.15, 0.2) is 18.2 Å². The minimum absolute atomic E-state index is 0.0144. The van der Waals surface area contributed by atoms with Crippen molar-refractivity contribution < 1.29 is 35.9 Å². The van der Waals surface area contributed by atoms with Gasteiger partial charge in [0.15, 0.2) is 5.82 Å². The molecule has 0 radical (unpaired) electrons. The average molecular weight is 704 g/mol. The standard InChI is InChI=1S/C33H31F6N7O2S/c1-16-13-44(17(2)47)8-9-46(16)30-20-10-22(33(37,38)39)25(19-4-5-23(35)28-24(19)21(12-40)29(41)49-28)26(36)27(20)42-31(43-30)48-15-32-6-3-7-45(32)14-18(34)11-32/h4-5,10,16,18H,3,6-9,11,13-15,41H2,1-2H3. The molecule has 2 N–H and O–H groups in total. The van der Waals surface area contributed by atoms with Crippen molar-refractivity contribution in [2.24, 2.45) is 0 Å². The summed E-state index contributed by atoms with van der Waals surface area (Å²) >= 11 is 0.679. The summed E-state index contributed by atoms with van der Waals surface area (Å²) in [7, 11) is 0. The van der Waals surface area contributed by atoms with E-state index in [9.17, 15) is 32.0 Å². The number of aromatic nitrogens is 2. The fraction of sp³-hybridized carbons (Fsp3) is 0.455. The number of fused-ring (bicyclic) bond motifs is 3. The Bertz CT molecular complexity index is 2050. The third-order valence-corrected chi connectivity index (χ3v) is 11.0. The number of rotatable bonds is 5. The van der Waals surface area contributed by atoms with Gasteiger partial charge in [0.05, 0.1) is 21.4 Å². The van der Waals surface area contributed by atoms with Crippen LogP contribution in [0.2, 0.25) is 0 Å². The number of benzene rings is 2. The van der Waals surface area contributed by atoms with E-state index in [1.807, 2.05) is 11.0 Å². The summed E-state index contributed by atoms with van der Waals surface area (Å²) in [5, 5.41) is 9.19. The van der Waals surface area contributed by atoms with Crippen LogP contribution < -0.4 is 15.4 Å². The number of piperazine rings is 1. The predicted molar refractivity (Wildman–Crippen MR) is 172 cm³/mol. The average Bonchev–Trinajstić information content (AvgIpc) is 3.69. The van der Waals surface area contributed by atoms with Crippen LogP contribution >= 0.6 is 11.3 Å². The number of thiophene rings is 1. The smallest absolute Gasteiger partial charge is 0.417 e. The van der Waals surface area contributed by atoms with Gasteiger partial charge in [0, 0.05) is 61.9 Å². The van der Waals surface area contributed by atoms with E-state index < -0.39 is 52.2 Å². The number of halogens is 6. The zero-order valence-electron chi connectivity index (χ0n) is 26.5. The molecule has 3 fully saturated rings. The highest BCUT2D eigenvalue weighted by atomic mass is 32.1. The normalized spacial score (nSPS) is 23.0. The molecule has 16 heteroatoms. The second kappa shape index (κ2) is 11.9. The molecule has 0 aliphatic carbocycles. The summed E-state index contributed by atoms with van der Waals surface area (Å²) in [6.07, 6.45) is -4.43. The molecule has 3 aliphatic rings. The number of hydrogen-bond donors (Lipinski definition) is 1. The Morgan fingerprint density at radius 2 is 1.98 bits per heavy atom. The molecule has 2 aromatic carbocycles. The Hall–Kier alpha value is -4.36. The van der Waals surface area contributed by atoms with Gasteiger partial charge in [0.1, 0.15) is 41.0 Å². The highest BCUT2D eigenvalue weighted by Crippen LogP contribution is 2.48. The third-order valence-electron chi connectivity index (χ3n) is 9.97. The number of hydrogen-bond acceptors (Lipinski definition) is 9. The SMILES string of the molecule is CC(=O)N1CCN(c2nc(OCC34CCCN3CC(F)C4)nc3c(F)c(-c4ccc(F)c5sc(N)c(C#N)c45)c(C(F)(F)F)cc23)C(C)C1. The maximum absolute atomic E-state index is 17.0. The first-order valence-corrected chi connectivity index (χ1v) is 16.6. The van der Waals surface area contributed by atoms with E-state index in [0.717, 1.165) is 24.6 Å². The van der Waals surface area contributed by atoms with Crippen LogP contribution in [0.4, 0.5) is 37.2 Å². The third kappa shape index (κ3) is 5.47. The molecule has 3 saturated heterocycles. The Labute approximate surface area is 280 Å². The number of carbonyl (C=O) groups is 1. The van der Waals surface area contributed by atoms with Crippen LogP contribution in [0.25, 0.3) is 32.1 Å². The minimum atomic E-state index is -5.11. The topological polar surface area (TPSA) is 112 Å². The number of nitriles is 1. The van der Waals surface area contributed by atoms with Crippen molar-refractivity contribution in [3.05, 3.63) is 41.0 Å². The summed E-state index contributed by atoms with van der Waals surface area (Å²) in [5.41, 5.74) is 1.89. The fourth-order valence-corrected chi connectivity index (χ4v) is 8.63. The van der Waals surface area contributed by atoms with Crippen LogP contribution in [0.5, 0.6) is 6.01 Å². The molecule has 4 aromatic rings. The second-order valence-electron chi connectivity index (χ2n) is 13.0. The first-order chi connectivity index (χ1) is 23.2. The van der Waals surface area contributed by atoms with E-state index in [1.165, 1.54) is 6.92 Å². The van der Waals surface area contributed by atoms with Gasteiger partial charge in [-0.2, -0.15) is 28.4 Å². The van der Waals surface area contributed by atoms with Gasteiger partial charge >= 0.3 is 12.2 Å². The molecule has 0 saturated carbocycles. The van der Waals surface area contributed by atoms with Gasteiger partial charge in [-0.05, 0) is 44.0 Å². The van der Waals surface area contributed by atoms with Gasteiger partial charge in [-0.25, -0.2) is 13.2 Å². The Balaban J connectivity index is 1.45. The molecule has 3 unspecified atom stereocenters. The zero-order valence-corrected chi connectivity index (χ0v) is 27.3. The molecule has 258 valence electrons. The van der Waals surface area contributed by atoms with Crippen molar-refractivity contribution in [2.45, 2.75) is 57.0 Å². The highest BCUT2D eigenvalue weighted by Gasteiger charge is 2.49. The van der Waals surface area contributed by atoms with E-state index in [4.69, 9.17) is 10.5 Å². The first kappa shape index (κ1) is 33.2. The monoisotopic (exact) mass is 703 g/mol. The molecule has 2 aromatic heterocycles. The molecule has 3 aliphatic heterocycles. The molecule has 7 rings (SSSR count). The van der Waals surface area contributed by atoms with Crippen molar-refractivity contribution in [1.82, 2.24) is 19.8 Å². The van der Waals surface area contributed by atoms with Crippen molar-refractivity contribution in [3.63, 3.8) is 0 Å². The zero-order chi connectivity index (χ0) is 35.0. The van der Waals surface area contributed by atoms with Crippen LogP contribution in [-0.2, 0) is 11.0 Å². The Morgan fingerprint density at radius 1 is 1.20 bits per heavy atom. The molecular weight excluding hydrogens is 672 g/mol. The van der Waals surface area contributed by atoms with Crippen LogP contribution in [0.3, 0.4) is 0 Å². The lowest BCUT2D eigenvalue weighted by molar-refractivity contribution is -0.137. The molecule has 1 amide bonds. The van der Waals surface area contributed by atoms with Gasteiger partial charge in [-0.15, -0.1) is 11.3 Å². The van der Waals surface area contributed by atoms with Gasteiger partial charge in [0.25, 0.3) is 0 Å². The first-order valence-electron chi connectivity index (χ1n) is 15.8. The number of amides is 1. The number of anilines is 2. The van der Waals surface area contributed by atoms with Crippen LogP contribution in [0, 0.1) is 23.0 Å². The van der Waals surface area contributed by atoms with E-state index in [2.05, 4.69) is 9.97 Å². The van der Waals surface area contributed by atoms with Crippen LogP contribution in [0.1, 0.15) is 44.2 Å². The minimum Gasteiger partial charge on any atom is -0.461 e. The second-order valence-corrected chi connectivity index (χ2v) is 14.0. The number of nitrogens with zero attached hydrogens (tertiary/aromatic N) is 6. The molecule has 5 heterocycles. The molecule has 3 atom stereocenters. The summed E-state index contributed by atoms with van der Waals surface area (Å²) in [5.74, 6) is -2.39.